The summed E-state index contributed by atoms with van der Waals surface area (Å²) in [6.45, 7) is 0. The van der Waals surface area contributed by atoms with E-state index in [0.29, 0.717) is 0 Å². The Labute approximate surface area is 117 Å². The van der Waals surface area contributed by atoms with Gasteiger partial charge in [0.05, 0.1) is 5.71 Å². The minimum Gasteiger partial charge on any atom is -0.211 e. The minimum atomic E-state index is 1.03. The van der Waals surface area contributed by atoms with E-state index in [9.17, 15) is 0 Å². The average Bonchev–Trinajstić information content (AvgIpc) is 2.75. The lowest BCUT2D eigenvalue weighted by Gasteiger charge is -2.10. The third-order valence-electron chi connectivity index (χ3n) is 2.93. The molecule has 92 valence electrons. The molecule has 1 aliphatic heterocycles. The second kappa shape index (κ2) is 5.72. The Morgan fingerprint density at radius 1 is 0.737 bits per heavy atom. The molecule has 0 bridgehead atoms. The average molecular weight is 263 g/mol. The van der Waals surface area contributed by atoms with Gasteiger partial charge >= 0.3 is 0 Å². The Hall–Kier alpha value is -2.06. The van der Waals surface area contributed by atoms with Gasteiger partial charge in [-0.1, -0.05) is 72.8 Å². The van der Waals surface area contributed by atoms with E-state index >= 15 is 0 Å². The molecule has 0 atom stereocenters. The molecule has 0 aromatic heterocycles. The highest BCUT2D eigenvalue weighted by Gasteiger charge is 2.12. The van der Waals surface area contributed by atoms with Gasteiger partial charge in [0, 0.05) is 23.1 Å². The van der Waals surface area contributed by atoms with Crippen LogP contribution in [0.3, 0.4) is 0 Å². The molecule has 1 nitrogen and oxygen atoms in total. The van der Waals surface area contributed by atoms with Gasteiger partial charge in [-0.05, 0) is 11.0 Å². The van der Waals surface area contributed by atoms with Gasteiger partial charge in [0.2, 0.25) is 0 Å². The van der Waals surface area contributed by atoms with Gasteiger partial charge < -0.3 is 0 Å². The van der Waals surface area contributed by atoms with Crippen molar-refractivity contribution in [3.8, 4) is 0 Å². The smallest absolute Gasteiger partial charge is 0.0867 e. The molecule has 2 aromatic rings. The van der Waals surface area contributed by atoms with Gasteiger partial charge in [-0.3, -0.25) is 0 Å². The predicted molar refractivity (Wildman–Crippen MR) is 84.1 cm³/mol. The molecule has 0 unspecified atom stereocenters. The molecule has 0 spiro atoms. The summed E-state index contributed by atoms with van der Waals surface area (Å²) in [5, 5.41) is 2.00. The van der Waals surface area contributed by atoms with Gasteiger partial charge in [-0.15, -0.1) is 0 Å². The van der Waals surface area contributed by atoms with Crippen LogP contribution in [0.5, 0.6) is 0 Å². The van der Waals surface area contributed by atoms with Crippen LogP contribution >= 0.6 is 11.9 Å². The molecular weight excluding hydrogens is 250 g/mol. The van der Waals surface area contributed by atoms with Crippen molar-refractivity contribution >= 4 is 23.2 Å². The molecule has 0 saturated carbocycles. The maximum absolute atomic E-state index is 4.63. The standard InChI is InChI=1S/C17H13NS/c1-3-8-14(9-4-1)16-12-7-13-19-18-17(16)15-10-5-2-6-11-15/h1-13H. The Kier molecular flexibility index (Phi) is 3.61. The van der Waals surface area contributed by atoms with Crippen LogP contribution in [0.2, 0.25) is 0 Å². The first-order valence-electron chi connectivity index (χ1n) is 6.17. The number of allylic oxidation sites excluding steroid dienone is 3. The lowest BCUT2D eigenvalue weighted by Crippen LogP contribution is -2.03. The van der Waals surface area contributed by atoms with Crippen LogP contribution in [-0.2, 0) is 0 Å². The first kappa shape index (κ1) is 12.0. The second-order valence-corrected chi connectivity index (χ2v) is 4.85. The van der Waals surface area contributed by atoms with Crippen molar-refractivity contribution in [2.75, 3.05) is 0 Å². The molecule has 19 heavy (non-hydrogen) atoms. The highest BCUT2D eigenvalue weighted by molar-refractivity contribution is 8.01. The summed E-state index contributed by atoms with van der Waals surface area (Å²) in [5.41, 5.74) is 4.53. The topological polar surface area (TPSA) is 12.4 Å². The van der Waals surface area contributed by atoms with E-state index in [4.69, 9.17) is 0 Å². The fourth-order valence-corrected chi connectivity index (χ4v) is 2.56. The fourth-order valence-electron chi connectivity index (χ4n) is 2.04. The molecule has 0 saturated heterocycles. The molecule has 1 heterocycles. The zero-order valence-corrected chi connectivity index (χ0v) is 11.2. The Morgan fingerprint density at radius 3 is 2.05 bits per heavy atom. The zero-order chi connectivity index (χ0) is 12.9. The summed E-state index contributed by atoms with van der Waals surface area (Å²) in [6, 6.07) is 20.7. The first-order valence-corrected chi connectivity index (χ1v) is 7.01. The van der Waals surface area contributed by atoms with E-state index < -0.39 is 0 Å². The Morgan fingerprint density at radius 2 is 1.37 bits per heavy atom. The van der Waals surface area contributed by atoms with Crippen LogP contribution in [0.25, 0.3) is 5.57 Å². The molecule has 2 aromatic carbocycles. The quantitative estimate of drug-likeness (QED) is 0.713. The van der Waals surface area contributed by atoms with Crippen LogP contribution in [0.15, 0.2) is 82.6 Å². The largest absolute Gasteiger partial charge is 0.211 e. The monoisotopic (exact) mass is 263 g/mol. The van der Waals surface area contributed by atoms with Crippen LogP contribution < -0.4 is 0 Å². The van der Waals surface area contributed by atoms with E-state index in [1.54, 1.807) is 0 Å². The highest BCUT2D eigenvalue weighted by atomic mass is 32.2. The number of rotatable bonds is 2. The van der Waals surface area contributed by atoms with Crippen LogP contribution in [0, 0.1) is 0 Å². The molecule has 3 rings (SSSR count). The van der Waals surface area contributed by atoms with Crippen molar-refractivity contribution in [1.82, 2.24) is 0 Å². The Bertz CT molecular complexity index is 639. The zero-order valence-electron chi connectivity index (χ0n) is 10.4. The van der Waals surface area contributed by atoms with E-state index in [2.05, 4.69) is 46.9 Å². The van der Waals surface area contributed by atoms with Crippen molar-refractivity contribution in [3.05, 3.63) is 89.4 Å². The SMILES string of the molecule is C1=CSN=C(c2ccccc2)C(c2ccccc2)=C1. The normalized spacial score (nSPS) is 14.5. The summed E-state index contributed by atoms with van der Waals surface area (Å²) in [4.78, 5) is 0. The number of hydrogen-bond donors (Lipinski definition) is 0. The first-order chi connectivity index (χ1) is 9.45. The van der Waals surface area contributed by atoms with Crippen LogP contribution in [0.4, 0.5) is 0 Å². The third kappa shape index (κ3) is 2.69. The van der Waals surface area contributed by atoms with Crippen LogP contribution in [-0.4, -0.2) is 5.71 Å². The van der Waals surface area contributed by atoms with E-state index in [0.717, 1.165) is 16.8 Å². The second-order valence-electron chi connectivity index (χ2n) is 4.19. The number of nitrogens with zero attached hydrogens (tertiary/aromatic N) is 1. The van der Waals surface area contributed by atoms with E-state index in [1.807, 2.05) is 35.7 Å². The van der Waals surface area contributed by atoms with Gasteiger partial charge in [0.25, 0.3) is 0 Å². The molecule has 1 aliphatic rings. The van der Waals surface area contributed by atoms with Gasteiger partial charge in [-0.2, -0.15) is 0 Å². The van der Waals surface area contributed by atoms with Crippen molar-refractivity contribution in [3.63, 3.8) is 0 Å². The predicted octanol–water partition coefficient (Wildman–Crippen LogP) is 4.73. The van der Waals surface area contributed by atoms with Crippen molar-refractivity contribution in [1.29, 1.82) is 0 Å². The summed E-state index contributed by atoms with van der Waals surface area (Å²) < 4.78 is 4.63. The van der Waals surface area contributed by atoms with E-state index in [1.165, 1.54) is 17.5 Å². The van der Waals surface area contributed by atoms with Crippen molar-refractivity contribution < 1.29 is 0 Å². The molecule has 0 N–H and O–H groups in total. The molecule has 0 aliphatic carbocycles. The summed E-state index contributed by atoms with van der Waals surface area (Å²) in [5.74, 6) is 0. The molecule has 2 heteroatoms. The number of hydrogen-bond acceptors (Lipinski definition) is 2. The lowest BCUT2D eigenvalue weighted by molar-refractivity contribution is 1.60. The maximum atomic E-state index is 4.63. The highest BCUT2D eigenvalue weighted by Crippen LogP contribution is 2.25. The van der Waals surface area contributed by atoms with Crippen molar-refractivity contribution in [2.45, 2.75) is 0 Å². The van der Waals surface area contributed by atoms with Gasteiger partial charge in [0.1, 0.15) is 0 Å². The molecule has 0 radical (unpaired) electrons. The maximum Gasteiger partial charge on any atom is 0.0867 e. The Balaban J connectivity index is 2.09. The van der Waals surface area contributed by atoms with E-state index in [-0.39, 0.29) is 0 Å². The van der Waals surface area contributed by atoms with Crippen LogP contribution in [0.1, 0.15) is 11.1 Å². The molecular formula is C17H13NS. The summed E-state index contributed by atoms with van der Waals surface area (Å²) in [7, 11) is 0. The van der Waals surface area contributed by atoms with Crippen molar-refractivity contribution in [2.24, 2.45) is 4.40 Å². The molecule has 0 fully saturated rings. The van der Waals surface area contributed by atoms with Gasteiger partial charge in [-0.25, -0.2) is 4.40 Å². The summed E-state index contributed by atoms with van der Waals surface area (Å²) >= 11 is 1.47. The number of benzene rings is 2. The third-order valence-corrected chi connectivity index (χ3v) is 3.50. The minimum absolute atomic E-state index is 1.03. The summed E-state index contributed by atoms with van der Waals surface area (Å²) in [6.07, 6.45) is 4.17. The molecule has 0 amide bonds. The fraction of sp³-hybridized carbons (Fsp3) is 0. The van der Waals surface area contributed by atoms with Gasteiger partial charge in [0.15, 0.2) is 0 Å². The lowest BCUT2D eigenvalue weighted by atomic mass is 9.96.